The Morgan fingerprint density at radius 2 is 2.19 bits per heavy atom. The van der Waals surface area contributed by atoms with Gasteiger partial charge < -0.3 is 10.1 Å². The third-order valence-electron chi connectivity index (χ3n) is 3.66. The number of hydrogen-bond acceptors (Lipinski definition) is 5. The summed E-state index contributed by atoms with van der Waals surface area (Å²) < 4.78 is 41.3. The molecule has 7 heteroatoms. The van der Waals surface area contributed by atoms with Gasteiger partial charge in [0, 0.05) is 12.1 Å². The molecule has 0 bridgehead atoms. The lowest BCUT2D eigenvalue weighted by Crippen LogP contribution is -2.42. The van der Waals surface area contributed by atoms with E-state index in [1.54, 1.807) is 6.07 Å². The molecule has 0 amide bonds. The van der Waals surface area contributed by atoms with Gasteiger partial charge in [0.05, 0.1) is 24.2 Å². The number of sulfone groups is 1. The second kappa shape index (κ2) is 5.73. The highest BCUT2D eigenvalue weighted by Gasteiger charge is 2.37. The Bertz CT molecular complexity index is 659. The van der Waals surface area contributed by atoms with Crippen LogP contribution in [-0.2, 0) is 21.1 Å². The number of methoxy groups -OCH3 is 1. The highest BCUT2D eigenvalue weighted by Crippen LogP contribution is 2.23. The van der Waals surface area contributed by atoms with E-state index in [-0.39, 0.29) is 17.1 Å². The van der Waals surface area contributed by atoms with Gasteiger partial charge in [-0.25, -0.2) is 17.6 Å². The molecule has 2 rings (SSSR count). The highest BCUT2D eigenvalue weighted by molar-refractivity contribution is 7.91. The molecule has 116 valence electrons. The number of ether oxygens (including phenoxy) is 1. The highest BCUT2D eigenvalue weighted by atomic mass is 32.2. The number of hydrogen-bond donors (Lipinski definition) is 1. The predicted octanol–water partition coefficient (Wildman–Crippen LogP) is 1.28. The van der Waals surface area contributed by atoms with E-state index in [0.717, 1.165) is 0 Å². The molecule has 1 aliphatic rings. The standard InChI is InChI=1S/C14H18FNO4S/c1-14(5-6-21(18,19)9-14)16-8-10-3-4-11(12(15)7-10)13(17)20-2/h3-4,7,16H,5-6,8-9H2,1-2H3. The average Bonchev–Trinajstić information content (AvgIpc) is 2.70. The molecule has 1 aromatic carbocycles. The molecule has 0 saturated carbocycles. The van der Waals surface area contributed by atoms with Crippen molar-refractivity contribution < 1.29 is 22.3 Å². The summed E-state index contributed by atoms with van der Waals surface area (Å²) in [7, 11) is -1.79. The van der Waals surface area contributed by atoms with E-state index in [0.29, 0.717) is 18.5 Å². The predicted molar refractivity (Wildman–Crippen MR) is 76.3 cm³/mol. The molecular weight excluding hydrogens is 297 g/mol. The minimum Gasteiger partial charge on any atom is -0.465 e. The van der Waals surface area contributed by atoms with E-state index in [1.165, 1.54) is 19.2 Å². The third-order valence-corrected chi connectivity index (χ3v) is 5.56. The Balaban J connectivity index is 2.05. The summed E-state index contributed by atoms with van der Waals surface area (Å²) in [5.41, 5.74) is 0.0395. The van der Waals surface area contributed by atoms with Crippen molar-refractivity contribution >= 4 is 15.8 Å². The molecule has 1 unspecified atom stereocenters. The van der Waals surface area contributed by atoms with Crippen LogP contribution in [0.15, 0.2) is 18.2 Å². The first kappa shape index (κ1) is 15.9. The van der Waals surface area contributed by atoms with Crippen LogP contribution < -0.4 is 5.32 Å². The van der Waals surface area contributed by atoms with Crippen molar-refractivity contribution in [2.24, 2.45) is 0 Å². The Kier molecular flexibility index (Phi) is 4.34. The quantitative estimate of drug-likeness (QED) is 0.847. The first-order valence-electron chi connectivity index (χ1n) is 6.57. The van der Waals surface area contributed by atoms with Crippen molar-refractivity contribution in [3.05, 3.63) is 35.1 Å². The van der Waals surface area contributed by atoms with Crippen LogP contribution in [0.5, 0.6) is 0 Å². The minimum atomic E-state index is -2.99. The average molecular weight is 315 g/mol. The van der Waals surface area contributed by atoms with Crippen LogP contribution in [-0.4, -0.2) is 38.5 Å². The number of carbonyl (C=O) groups excluding carboxylic acids is 1. The van der Waals surface area contributed by atoms with Gasteiger partial charge in [-0.2, -0.15) is 0 Å². The van der Waals surface area contributed by atoms with Crippen LogP contribution in [0.3, 0.4) is 0 Å². The van der Waals surface area contributed by atoms with E-state index in [2.05, 4.69) is 10.1 Å². The number of benzene rings is 1. The summed E-state index contributed by atoms with van der Waals surface area (Å²) in [6, 6.07) is 4.24. The van der Waals surface area contributed by atoms with Gasteiger partial charge in [-0.3, -0.25) is 0 Å². The van der Waals surface area contributed by atoms with E-state index >= 15 is 0 Å². The largest absolute Gasteiger partial charge is 0.465 e. The van der Waals surface area contributed by atoms with Crippen molar-refractivity contribution in [1.82, 2.24) is 5.32 Å². The van der Waals surface area contributed by atoms with Crippen LogP contribution in [0, 0.1) is 5.82 Å². The maximum atomic E-state index is 13.8. The molecule has 1 N–H and O–H groups in total. The second-order valence-electron chi connectivity index (χ2n) is 5.56. The molecular formula is C14H18FNO4S. The zero-order valence-corrected chi connectivity index (χ0v) is 12.8. The summed E-state index contributed by atoms with van der Waals surface area (Å²) in [6.07, 6.45) is 0.540. The van der Waals surface area contributed by atoms with Gasteiger partial charge >= 0.3 is 5.97 Å². The number of nitrogens with one attached hydrogen (secondary N) is 1. The van der Waals surface area contributed by atoms with Gasteiger partial charge in [0.1, 0.15) is 5.82 Å². The first-order chi connectivity index (χ1) is 9.75. The second-order valence-corrected chi connectivity index (χ2v) is 7.75. The number of esters is 1. The Morgan fingerprint density at radius 3 is 2.71 bits per heavy atom. The summed E-state index contributed by atoms with van der Waals surface area (Å²) >= 11 is 0. The SMILES string of the molecule is COC(=O)c1ccc(CNC2(C)CCS(=O)(=O)C2)cc1F. The molecule has 1 saturated heterocycles. The maximum absolute atomic E-state index is 13.8. The monoisotopic (exact) mass is 315 g/mol. The van der Waals surface area contributed by atoms with Gasteiger partial charge in [-0.15, -0.1) is 0 Å². The topological polar surface area (TPSA) is 72.5 Å². The lowest BCUT2D eigenvalue weighted by molar-refractivity contribution is 0.0595. The van der Waals surface area contributed by atoms with Crippen molar-refractivity contribution in [3.63, 3.8) is 0 Å². The van der Waals surface area contributed by atoms with Gasteiger partial charge in [0.15, 0.2) is 9.84 Å². The molecule has 0 aliphatic carbocycles. The smallest absolute Gasteiger partial charge is 0.340 e. The van der Waals surface area contributed by atoms with E-state index in [1.807, 2.05) is 6.92 Å². The van der Waals surface area contributed by atoms with Crippen molar-refractivity contribution in [2.75, 3.05) is 18.6 Å². The zero-order chi connectivity index (χ0) is 15.7. The molecule has 0 aromatic heterocycles. The minimum absolute atomic E-state index is 0.0860. The van der Waals surface area contributed by atoms with Crippen molar-refractivity contribution in [3.8, 4) is 0 Å². The molecule has 0 radical (unpaired) electrons. The van der Waals surface area contributed by atoms with Gasteiger partial charge in [-0.05, 0) is 31.0 Å². The molecule has 1 aliphatic heterocycles. The fourth-order valence-corrected chi connectivity index (χ4v) is 4.53. The van der Waals surface area contributed by atoms with Crippen molar-refractivity contribution in [1.29, 1.82) is 0 Å². The van der Waals surface area contributed by atoms with E-state index in [9.17, 15) is 17.6 Å². The number of rotatable bonds is 4. The lowest BCUT2D eigenvalue weighted by atomic mass is 10.0. The van der Waals surface area contributed by atoms with Crippen LogP contribution in [0.2, 0.25) is 0 Å². The molecule has 1 heterocycles. The molecule has 1 fully saturated rings. The van der Waals surface area contributed by atoms with Crippen LogP contribution in [0.4, 0.5) is 4.39 Å². The first-order valence-corrected chi connectivity index (χ1v) is 8.39. The normalized spacial score (nSPS) is 24.0. The Morgan fingerprint density at radius 1 is 1.48 bits per heavy atom. The maximum Gasteiger partial charge on any atom is 0.340 e. The zero-order valence-electron chi connectivity index (χ0n) is 12.0. The third kappa shape index (κ3) is 3.79. The molecule has 0 spiro atoms. The Hall–Kier alpha value is -1.47. The van der Waals surface area contributed by atoms with Gasteiger partial charge in [0.2, 0.25) is 0 Å². The van der Waals surface area contributed by atoms with Crippen LogP contribution >= 0.6 is 0 Å². The summed E-state index contributed by atoms with van der Waals surface area (Å²) in [5, 5.41) is 3.16. The van der Waals surface area contributed by atoms with Crippen molar-refractivity contribution in [2.45, 2.75) is 25.4 Å². The molecule has 21 heavy (non-hydrogen) atoms. The van der Waals surface area contributed by atoms with Crippen LogP contribution in [0.1, 0.15) is 29.3 Å². The summed E-state index contributed by atoms with van der Waals surface area (Å²) in [5.74, 6) is -1.11. The van der Waals surface area contributed by atoms with Gasteiger partial charge in [0.25, 0.3) is 0 Å². The molecule has 1 aromatic rings. The van der Waals surface area contributed by atoms with Crippen LogP contribution in [0.25, 0.3) is 0 Å². The Labute approximate surface area is 123 Å². The summed E-state index contributed by atoms with van der Waals surface area (Å²) in [6.45, 7) is 2.18. The fourth-order valence-electron chi connectivity index (χ4n) is 2.41. The fraction of sp³-hybridized carbons (Fsp3) is 0.500. The van der Waals surface area contributed by atoms with Gasteiger partial charge in [-0.1, -0.05) is 6.07 Å². The molecule has 5 nitrogen and oxygen atoms in total. The number of halogens is 1. The number of carbonyl (C=O) groups is 1. The summed E-state index contributed by atoms with van der Waals surface area (Å²) in [4.78, 5) is 11.3. The van der Waals surface area contributed by atoms with E-state index in [4.69, 9.17) is 0 Å². The molecule has 1 atom stereocenters. The lowest BCUT2D eigenvalue weighted by Gasteiger charge is -2.24. The van der Waals surface area contributed by atoms with E-state index < -0.39 is 27.2 Å².